The standard InChI is InChI=1S/C18H14N2OS/c1-13-11-21-17-10-6-5-9-16(17)20(13)18-19-15(12-22-18)14-7-3-2-4-8-14/h2-12H,1H3. The van der Waals surface area contributed by atoms with Crippen LogP contribution in [0.25, 0.3) is 11.3 Å². The second-order valence-corrected chi connectivity index (χ2v) is 5.90. The van der Waals surface area contributed by atoms with Crippen LogP contribution in [0, 0.1) is 0 Å². The lowest BCUT2D eigenvalue weighted by atomic mass is 10.2. The number of rotatable bonds is 2. The zero-order valence-corrected chi connectivity index (χ0v) is 12.9. The van der Waals surface area contributed by atoms with Crippen molar-refractivity contribution < 1.29 is 4.74 Å². The van der Waals surface area contributed by atoms with Gasteiger partial charge in [0.05, 0.1) is 17.1 Å². The molecule has 0 N–H and O–H groups in total. The van der Waals surface area contributed by atoms with Crippen LogP contribution in [0.3, 0.4) is 0 Å². The second-order valence-electron chi connectivity index (χ2n) is 5.06. The van der Waals surface area contributed by atoms with E-state index < -0.39 is 0 Å². The van der Waals surface area contributed by atoms with Crippen molar-refractivity contribution in [2.75, 3.05) is 4.90 Å². The van der Waals surface area contributed by atoms with Gasteiger partial charge in [-0.2, -0.15) is 0 Å². The van der Waals surface area contributed by atoms with Gasteiger partial charge in [-0.05, 0) is 19.1 Å². The maximum atomic E-state index is 5.65. The number of allylic oxidation sites excluding steroid dienone is 1. The molecule has 3 aromatic rings. The van der Waals surface area contributed by atoms with Crippen molar-refractivity contribution in [1.29, 1.82) is 0 Å². The van der Waals surface area contributed by atoms with Crippen LogP contribution >= 0.6 is 11.3 Å². The number of hydrogen-bond donors (Lipinski definition) is 0. The number of ether oxygens (including phenoxy) is 1. The molecule has 1 aliphatic heterocycles. The summed E-state index contributed by atoms with van der Waals surface area (Å²) in [6.07, 6.45) is 1.77. The molecular weight excluding hydrogens is 292 g/mol. The lowest BCUT2D eigenvalue weighted by molar-refractivity contribution is 0.466. The summed E-state index contributed by atoms with van der Waals surface area (Å²) in [7, 11) is 0. The molecule has 0 spiro atoms. The quantitative estimate of drug-likeness (QED) is 0.650. The first kappa shape index (κ1) is 13.1. The predicted molar refractivity (Wildman–Crippen MR) is 90.5 cm³/mol. The molecule has 3 nitrogen and oxygen atoms in total. The lowest BCUT2D eigenvalue weighted by Crippen LogP contribution is -2.19. The monoisotopic (exact) mass is 306 g/mol. The molecule has 0 atom stereocenters. The second kappa shape index (κ2) is 5.31. The number of aromatic nitrogens is 1. The summed E-state index contributed by atoms with van der Waals surface area (Å²) in [6, 6.07) is 18.2. The highest BCUT2D eigenvalue weighted by Gasteiger charge is 2.22. The van der Waals surface area contributed by atoms with Crippen LogP contribution in [-0.2, 0) is 0 Å². The summed E-state index contributed by atoms with van der Waals surface area (Å²) in [6.45, 7) is 2.03. The number of fused-ring (bicyclic) bond motifs is 1. The molecule has 4 rings (SSSR count). The number of thiazole rings is 1. The zero-order chi connectivity index (χ0) is 14.9. The summed E-state index contributed by atoms with van der Waals surface area (Å²) in [4.78, 5) is 6.94. The van der Waals surface area contributed by atoms with Gasteiger partial charge in [0.15, 0.2) is 10.9 Å². The highest BCUT2D eigenvalue weighted by molar-refractivity contribution is 7.14. The molecular formula is C18H14N2OS. The van der Waals surface area contributed by atoms with Crippen molar-refractivity contribution in [3.63, 3.8) is 0 Å². The molecule has 1 aromatic heterocycles. The van der Waals surface area contributed by atoms with Crippen molar-refractivity contribution in [2.45, 2.75) is 6.92 Å². The van der Waals surface area contributed by atoms with Gasteiger partial charge < -0.3 is 4.74 Å². The van der Waals surface area contributed by atoms with E-state index in [2.05, 4.69) is 28.5 Å². The minimum absolute atomic E-state index is 0.851. The number of benzene rings is 2. The molecule has 0 unspecified atom stereocenters. The van der Waals surface area contributed by atoms with E-state index in [0.29, 0.717) is 0 Å². The van der Waals surface area contributed by atoms with Crippen molar-refractivity contribution in [3.05, 3.63) is 71.9 Å². The molecule has 0 fully saturated rings. The molecule has 0 aliphatic carbocycles. The lowest BCUT2D eigenvalue weighted by Gasteiger charge is -2.27. The Morgan fingerprint density at radius 1 is 1.00 bits per heavy atom. The molecule has 0 amide bonds. The Labute approximate surface area is 133 Å². The van der Waals surface area contributed by atoms with E-state index in [4.69, 9.17) is 9.72 Å². The van der Waals surface area contributed by atoms with Crippen molar-refractivity contribution in [1.82, 2.24) is 4.98 Å². The van der Waals surface area contributed by atoms with Crippen molar-refractivity contribution in [2.24, 2.45) is 0 Å². The van der Waals surface area contributed by atoms with Gasteiger partial charge in [0, 0.05) is 10.9 Å². The third kappa shape index (κ3) is 2.18. The Kier molecular flexibility index (Phi) is 3.16. The van der Waals surface area contributed by atoms with Crippen LogP contribution < -0.4 is 9.64 Å². The van der Waals surface area contributed by atoms with Crippen LogP contribution in [-0.4, -0.2) is 4.98 Å². The maximum absolute atomic E-state index is 5.65. The molecule has 22 heavy (non-hydrogen) atoms. The average molecular weight is 306 g/mol. The topological polar surface area (TPSA) is 25.4 Å². The summed E-state index contributed by atoms with van der Waals surface area (Å²) in [5.41, 5.74) is 4.18. The van der Waals surface area contributed by atoms with Crippen LogP contribution in [0.4, 0.5) is 10.8 Å². The summed E-state index contributed by atoms with van der Waals surface area (Å²) in [5, 5.41) is 3.04. The van der Waals surface area contributed by atoms with Gasteiger partial charge in [-0.15, -0.1) is 11.3 Å². The molecule has 0 bridgehead atoms. The third-order valence-corrected chi connectivity index (χ3v) is 4.39. The normalized spacial score (nSPS) is 13.3. The molecule has 108 valence electrons. The number of anilines is 2. The van der Waals surface area contributed by atoms with E-state index in [0.717, 1.165) is 33.5 Å². The first-order chi connectivity index (χ1) is 10.8. The van der Waals surface area contributed by atoms with E-state index in [9.17, 15) is 0 Å². The Morgan fingerprint density at radius 3 is 2.64 bits per heavy atom. The smallest absolute Gasteiger partial charge is 0.195 e. The van der Waals surface area contributed by atoms with E-state index >= 15 is 0 Å². The van der Waals surface area contributed by atoms with Gasteiger partial charge in [-0.3, -0.25) is 4.90 Å². The van der Waals surface area contributed by atoms with Gasteiger partial charge in [0.2, 0.25) is 0 Å². The molecule has 0 saturated heterocycles. The molecule has 0 saturated carbocycles. The molecule has 4 heteroatoms. The van der Waals surface area contributed by atoms with Gasteiger partial charge in [0.25, 0.3) is 0 Å². The molecule has 1 aliphatic rings. The Balaban J connectivity index is 1.77. The van der Waals surface area contributed by atoms with E-state index in [1.165, 1.54) is 0 Å². The largest absolute Gasteiger partial charge is 0.461 e. The first-order valence-corrected chi connectivity index (χ1v) is 7.94. The Bertz CT molecular complexity index is 839. The summed E-state index contributed by atoms with van der Waals surface area (Å²) < 4.78 is 5.65. The van der Waals surface area contributed by atoms with Crippen LogP contribution in [0.1, 0.15) is 6.92 Å². The van der Waals surface area contributed by atoms with Gasteiger partial charge in [-0.1, -0.05) is 42.5 Å². The van der Waals surface area contributed by atoms with Gasteiger partial charge >= 0.3 is 0 Å². The summed E-state index contributed by atoms with van der Waals surface area (Å²) >= 11 is 1.64. The Hall–Kier alpha value is -2.59. The average Bonchev–Trinajstić information content (AvgIpc) is 3.05. The van der Waals surface area contributed by atoms with E-state index in [1.807, 2.05) is 43.3 Å². The van der Waals surface area contributed by atoms with E-state index in [-0.39, 0.29) is 0 Å². The minimum atomic E-state index is 0.851. The van der Waals surface area contributed by atoms with Crippen LogP contribution in [0.2, 0.25) is 0 Å². The molecule has 2 heterocycles. The van der Waals surface area contributed by atoms with Gasteiger partial charge in [-0.25, -0.2) is 4.98 Å². The van der Waals surface area contributed by atoms with E-state index in [1.54, 1.807) is 17.6 Å². The fourth-order valence-electron chi connectivity index (χ4n) is 2.50. The minimum Gasteiger partial charge on any atom is -0.461 e. The van der Waals surface area contributed by atoms with Crippen LogP contribution in [0.15, 0.2) is 71.9 Å². The number of nitrogens with zero attached hydrogens (tertiary/aromatic N) is 2. The van der Waals surface area contributed by atoms with Gasteiger partial charge in [0.1, 0.15) is 6.26 Å². The zero-order valence-electron chi connectivity index (χ0n) is 12.1. The van der Waals surface area contributed by atoms with Crippen molar-refractivity contribution >= 4 is 22.2 Å². The fraction of sp³-hybridized carbons (Fsp3) is 0.0556. The predicted octanol–water partition coefficient (Wildman–Crippen LogP) is 5.20. The number of hydrogen-bond acceptors (Lipinski definition) is 4. The number of para-hydroxylation sites is 2. The van der Waals surface area contributed by atoms with Crippen molar-refractivity contribution in [3.8, 4) is 17.0 Å². The molecule has 2 aromatic carbocycles. The highest BCUT2D eigenvalue weighted by atomic mass is 32.1. The fourth-order valence-corrected chi connectivity index (χ4v) is 3.40. The molecule has 0 radical (unpaired) electrons. The SMILES string of the molecule is CC1=COc2ccccc2N1c1nc(-c2ccccc2)cs1. The summed E-state index contributed by atoms with van der Waals surface area (Å²) in [5.74, 6) is 0.851. The highest BCUT2D eigenvalue weighted by Crippen LogP contribution is 2.41. The Morgan fingerprint density at radius 2 is 1.77 bits per heavy atom. The third-order valence-electron chi connectivity index (χ3n) is 3.57. The maximum Gasteiger partial charge on any atom is 0.195 e. The first-order valence-electron chi connectivity index (χ1n) is 7.06. The van der Waals surface area contributed by atoms with Crippen LogP contribution in [0.5, 0.6) is 5.75 Å².